The van der Waals surface area contributed by atoms with Gasteiger partial charge in [-0.05, 0) is 75.7 Å². The van der Waals surface area contributed by atoms with Gasteiger partial charge in [-0.1, -0.05) is 17.7 Å². The maximum absolute atomic E-state index is 12.6. The molecule has 42 heavy (non-hydrogen) atoms. The van der Waals surface area contributed by atoms with Crippen LogP contribution in [0.3, 0.4) is 0 Å². The molecular formula is C30H32ClN5O6. The summed E-state index contributed by atoms with van der Waals surface area (Å²) < 4.78 is 18.4. The standard InChI is InChI=1S/C30H32ClN5O6/c1-6-41-29(38)27-18(3)33-30(39)34-28(27)20-7-12-24(25(14-20)40-5)42-16-26(37)35-32-15-21-13-17(2)36(19(21)4)23-10-8-22(31)9-11-23/h7-15,28H,6,16H2,1-5H3,(H,35,37)(H2,33,34,39)/b32-15-/t28-/m1/s1. The Kier molecular flexibility index (Phi) is 9.53. The number of carbonyl (C=O) groups excluding carboxylic acids is 3. The van der Waals surface area contributed by atoms with Gasteiger partial charge < -0.3 is 29.4 Å². The van der Waals surface area contributed by atoms with E-state index in [-0.39, 0.29) is 18.8 Å². The third kappa shape index (κ3) is 6.74. The maximum atomic E-state index is 12.6. The third-order valence-corrected chi connectivity index (χ3v) is 6.84. The van der Waals surface area contributed by atoms with E-state index in [4.69, 9.17) is 25.8 Å². The number of nitrogens with zero attached hydrogens (tertiary/aromatic N) is 2. The van der Waals surface area contributed by atoms with Gasteiger partial charge in [-0.15, -0.1) is 0 Å². The molecule has 0 saturated carbocycles. The van der Waals surface area contributed by atoms with Gasteiger partial charge in [0.2, 0.25) is 0 Å². The number of urea groups is 1. The molecule has 0 fully saturated rings. The lowest BCUT2D eigenvalue weighted by Crippen LogP contribution is -2.45. The van der Waals surface area contributed by atoms with Gasteiger partial charge in [0, 0.05) is 33.4 Å². The molecule has 1 aromatic heterocycles. The second-order valence-electron chi connectivity index (χ2n) is 9.42. The summed E-state index contributed by atoms with van der Waals surface area (Å²) in [5.74, 6) is -0.411. The largest absolute Gasteiger partial charge is 0.493 e. The summed E-state index contributed by atoms with van der Waals surface area (Å²) in [7, 11) is 1.45. The molecule has 2 aromatic carbocycles. The molecule has 0 radical (unpaired) electrons. The van der Waals surface area contributed by atoms with E-state index in [0.29, 0.717) is 27.8 Å². The Hall–Kier alpha value is -4.77. The van der Waals surface area contributed by atoms with Gasteiger partial charge in [0.15, 0.2) is 18.1 Å². The number of rotatable bonds is 10. The SMILES string of the molecule is CCOC(=O)C1=C(C)NC(=O)N[C@@H]1c1ccc(OCC(=O)N/N=C\c2cc(C)n(-c3ccc(Cl)cc3)c2C)c(OC)c1. The molecule has 3 N–H and O–H groups in total. The van der Waals surface area contributed by atoms with Gasteiger partial charge in [0.05, 0.1) is 31.5 Å². The first-order valence-electron chi connectivity index (χ1n) is 13.2. The fourth-order valence-corrected chi connectivity index (χ4v) is 4.79. The van der Waals surface area contributed by atoms with Crippen molar-refractivity contribution in [1.82, 2.24) is 20.6 Å². The molecule has 4 rings (SSSR count). The minimum absolute atomic E-state index is 0.188. The van der Waals surface area contributed by atoms with Gasteiger partial charge in [-0.2, -0.15) is 5.10 Å². The Balaban J connectivity index is 1.41. The van der Waals surface area contributed by atoms with Crippen LogP contribution < -0.4 is 25.5 Å². The molecule has 0 unspecified atom stereocenters. The molecule has 0 spiro atoms. The molecule has 12 heteroatoms. The van der Waals surface area contributed by atoms with Crippen molar-refractivity contribution in [1.29, 1.82) is 0 Å². The molecule has 2 heterocycles. The van der Waals surface area contributed by atoms with Crippen LogP contribution in [0.2, 0.25) is 5.02 Å². The summed E-state index contributed by atoms with van der Waals surface area (Å²) in [6, 6.07) is 13.2. The van der Waals surface area contributed by atoms with Crippen molar-refractivity contribution in [3.8, 4) is 17.2 Å². The second-order valence-corrected chi connectivity index (χ2v) is 9.86. The summed E-state index contributed by atoms with van der Waals surface area (Å²) in [6.45, 7) is 7.15. The Morgan fingerprint density at radius 1 is 1.10 bits per heavy atom. The number of aryl methyl sites for hydroxylation is 1. The number of methoxy groups -OCH3 is 1. The number of benzene rings is 2. The van der Waals surface area contributed by atoms with Gasteiger partial charge >= 0.3 is 12.0 Å². The van der Waals surface area contributed by atoms with Crippen molar-refractivity contribution >= 4 is 35.7 Å². The average Bonchev–Trinajstić information content (AvgIpc) is 3.24. The molecule has 220 valence electrons. The third-order valence-electron chi connectivity index (χ3n) is 6.59. The first-order chi connectivity index (χ1) is 20.1. The first kappa shape index (κ1) is 30.2. The summed E-state index contributed by atoms with van der Waals surface area (Å²) >= 11 is 6.02. The molecule has 1 atom stereocenters. The predicted octanol–water partition coefficient (Wildman–Crippen LogP) is 4.48. The lowest BCUT2D eigenvalue weighted by atomic mass is 9.95. The van der Waals surface area contributed by atoms with Crippen LogP contribution in [-0.4, -0.2) is 49.0 Å². The van der Waals surface area contributed by atoms with Crippen molar-refractivity contribution in [2.24, 2.45) is 5.10 Å². The number of nitrogens with one attached hydrogen (secondary N) is 3. The highest BCUT2D eigenvalue weighted by Gasteiger charge is 2.32. The van der Waals surface area contributed by atoms with Crippen LogP contribution in [0, 0.1) is 13.8 Å². The highest BCUT2D eigenvalue weighted by Crippen LogP contribution is 2.34. The fraction of sp³-hybridized carbons (Fsp3) is 0.267. The number of allylic oxidation sites excluding steroid dienone is 1. The molecule has 1 aliphatic heterocycles. The smallest absolute Gasteiger partial charge is 0.338 e. The minimum atomic E-state index is -0.764. The van der Waals surface area contributed by atoms with E-state index >= 15 is 0 Å². The van der Waals surface area contributed by atoms with Crippen LogP contribution in [0.25, 0.3) is 5.69 Å². The molecule has 0 aliphatic carbocycles. The minimum Gasteiger partial charge on any atom is -0.493 e. The number of amides is 3. The molecule has 11 nitrogen and oxygen atoms in total. The molecule has 3 amide bonds. The molecule has 0 bridgehead atoms. The highest BCUT2D eigenvalue weighted by atomic mass is 35.5. The van der Waals surface area contributed by atoms with Crippen molar-refractivity contribution in [3.63, 3.8) is 0 Å². The Bertz CT molecular complexity index is 1560. The first-order valence-corrected chi connectivity index (χ1v) is 13.5. The molecule has 1 aliphatic rings. The number of hydrogen-bond donors (Lipinski definition) is 3. The van der Waals surface area contributed by atoms with Gasteiger partial charge in [0.25, 0.3) is 5.91 Å². The maximum Gasteiger partial charge on any atom is 0.338 e. The zero-order valence-corrected chi connectivity index (χ0v) is 24.7. The average molecular weight is 594 g/mol. The van der Waals surface area contributed by atoms with Crippen LogP contribution in [0.5, 0.6) is 11.5 Å². The van der Waals surface area contributed by atoms with Crippen LogP contribution in [0.15, 0.2) is 64.9 Å². The fourth-order valence-electron chi connectivity index (χ4n) is 4.66. The number of carbonyl (C=O) groups is 3. The van der Waals surface area contributed by atoms with Gasteiger partial charge in [-0.3, -0.25) is 4.79 Å². The van der Waals surface area contributed by atoms with E-state index in [1.54, 1.807) is 38.3 Å². The summed E-state index contributed by atoms with van der Waals surface area (Å²) in [5, 5.41) is 10.1. The summed E-state index contributed by atoms with van der Waals surface area (Å²) in [5.41, 5.74) is 7.49. The quantitative estimate of drug-likeness (QED) is 0.180. The van der Waals surface area contributed by atoms with Crippen molar-refractivity contribution in [2.75, 3.05) is 20.3 Å². The number of aromatic nitrogens is 1. The number of ether oxygens (including phenoxy) is 3. The van der Waals surface area contributed by atoms with E-state index < -0.39 is 23.9 Å². The zero-order valence-electron chi connectivity index (χ0n) is 23.9. The van der Waals surface area contributed by atoms with E-state index in [1.807, 2.05) is 44.2 Å². The number of hydrogen-bond acceptors (Lipinski definition) is 7. The summed E-state index contributed by atoms with van der Waals surface area (Å²) in [6.07, 6.45) is 1.58. The Morgan fingerprint density at radius 3 is 2.52 bits per heavy atom. The Labute approximate surface area is 248 Å². The summed E-state index contributed by atoms with van der Waals surface area (Å²) in [4.78, 5) is 37.2. The topological polar surface area (TPSA) is 132 Å². The van der Waals surface area contributed by atoms with Crippen molar-refractivity contribution in [2.45, 2.75) is 33.7 Å². The predicted molar refractivity (Wildman–Crippen MR) is 158 cm³/mol. The lowest BCUT2D eigenvalue weighted by Gasteiger charge is -2.28. The monoisotopic (exact) mass is 593 g/mol. The van der Waals surface area contributed by atoms with Gasteiger partial charge in [0.1, 0.15) is 0 Å². The van der Waals surface area contributed by atoms with Gasteiger partial charge in [-0.25, -0.2) is 15.0 Å². The second kappa shape index (κ2) is 13.3. The van der Waals surface area contributed by atoms with E-state index in [9.17, 15) is 14.4 Å². The Morgan fingerprint density at radius 2 is 1.83 bits per heavy atom. The van der Waals surface area contributed by atoms with Crippen LogP contribution in [0.4, 0.5) is 4.79 Å². The van der Waals surface area contributed by atoms with Crippen molar-refractivity contribution < 1.29 is 28.6 Å². The van der Waals surface area contributed by atoms with E-state index in [0.717, 1.165) is 22.6 Å². The van der Waals surface area contributed by atoms with Crippen LogP contribution >= 0.6 is 11.6 Å². The lowest BCUT2D eigenvalue weighted by molar-refractivity contribution is -0.139. The van der Waals surface area contributed by atoms with E-state index in [1.165, 1.54) is 7.11 Å². The van der Waals surface area contributed by atoms with Crippen LogP contribution in [-0.2, 0) is 14.3 Å². The number of esters is 1. The van der Waals surface area contributed by atoms with Crippen molar-refractivity contribution in [3.05, 3.63) is 87.3 Å². The van der Waals surface area contributed by atoms with E-state index in [2.05, 4.69) is 25.7 Å². The van der Waals surface area contributed by atoms with Crippen LogP contribution in [0.1, 0.15) is 42.4 Å². The number of halogens is 1. The number of hydrazone groups is 1. The zero-order chi connectivity index (χ0) is 30.4. The molecule has 3 aromatic rings. The molecular weight excluding hydrogens is 562 g/mol. The highest BCUT2D eigenvalue weighted by molar-refractivity contribution is 6.30. The normalized spacial score (nSPS) is 14.8. The molecule has 0 saturated heterocycles.